The number of carbonyl (C=O) groups is 1. The highest BCUT2D eigenvalue weighted by molar-refractivity contribution is 7.20. The van der Waals surface area contributed by atoms with Gasteiger partial charge >= 0.3 is 0 Å². The van der Waals surface area contributed by atoms with Crippen molar-refractivity contribution in [3.8, 4) is 11.5 Å². The van der Waals surface area contributed by atoms with Crippen molar-refractivity contribution in [3.05, 3.63) is 42.3 Å². The van der Waals surface area contributed by atoms with Gasteiger partial charge in [0.2, 0.25) is 0 Å². The lowest BCUT2D eigenvalue weighted by Crippen LogP contribution is -2.36. The molecule has 0 radical (unpaired) electrons. The smallest absolute Gasteiger partial charge is 0.257 e. The van der Waals surface area contributed by atoms with E-state index in [0.717, 1.165) is 42.7 Å². The number of ether oxygens (including phenoxy) is 2. The molecule has 2 aliphatic heterocycles. The van der Waals surface area contributed by atoms with Crippen LogP contribution in [0.1, 0.15) is 10.4 Å². The number of carbonyl (C=O) groups excluding carboxylic acids is 1. The number of nitrogens with one attached hydrogen (secondary N) is 1. The van der Waals surface area contributed by atoms with Gasteiger partial charge in [0.15, 0.2) is 10.9 Å². The Morgan fingerprint density at radius 2 is 1.77 bits per heavy atom. The summed E-state index contributed by atoms with van der Waals surface area (Å²) in [5.41, 5.74) is 1.27. The van der Waals surface area contributed by atoms with Gasteiger partial charge in [-0.25, -0.2) is 9.97 Å². The van der Waals surface area contributed by atoms with Crippen molar-refractivity contribution in [2.45, 2.75) is 0 Å². The summed E-state index contributed by atoms with van der Waals surface area (Å²) < 4.78 is 16.5. The number of anilines is 3. The molecule has 31 heavy (non-hydrogen) atoms. The first kappa shape index (κ1) is 20.0. The second kappa shape index (κ2) is 9.04. The van der Waals surface area contributed by atoms with Crippen molar-refractivity contribution in [3.63, 3.8) is 0 Å². The molecule has 0 bridgehead atoms. The van der Waals surface area contributed by atoms with Gasteiger partial charge in [0.05, 0.1) is 32.7 Å². The summed E-state index contributed by atoms with van der Waals surface area (Å²) in [5.74, 6) is 1.24. The zero-order valence-electron chi connectivity index (χ0n) is 17.0. The number of hydrogen-bond donors (Lipinski definition) is 1. The molecule has 0 atom stereocenters. The van der Waals surface area contributed by atoms with Crippen molar-refractivity contribution in [2.24, 2.45) is 0 Å². The molecule has 2 aliphatic rings. The fourth-order valence-corrected chi connectivity index (χ4v) is 4.63. The molecule has 162 valence electrons. The Labute approximate surface area is 183 Å². The highest BCUT2D eigenvalue weighted by Gasteiger charge is 2.23. The van der Waals surface area contributed by atoms with Crippen LogP contribution in [-0.4, -0.2) is 68.5 Å². The third-order valence-electron chi connectivity index (χ3n) is 5.23. The van der Waals surface area contributed by atoms with Gasteiger partial charge in [0.1, 0.15) is 16.5 Å². The number of furan rings is 1. The average Bonchev–Trinajstić information content (AvgIpc) is 3.50. The SMILES string of the molecule is O=C(Nc1nc(-c2ccco2)c(N2CCOCC2)s1)c1ccnc(N2CCOCC2)c1. The van der Waals surface area contributed by atoms with Crippen LogP contribution in [0.25, 0.3) is 11.5 Å². The topological polar surface area (TPSA) is 93.0 Å². The van der Waals surface area contributed by atoms with Crippen LogP contribution in [-0.2, 0) is 9.47 Å². The Morgan fingerprint density at radius 1 is 1.03 bits per heavy atom. The average molecular weight is 442 g/mol. The molecule has 9 nitrogen and oxygen atoms in total. The van der Waals surface area contributed by atoms with Gasteiger partial charge in [-0.2, -0.15) is 0 Å². The fourth-order valence-electron chi connectivity index (χ4n) is 3.61. The first-order valence-electron chi connectivity index (χ1n) is 10.3. The molecule has 0 spiro atoms. The van der Waals surface area contributed by atoms with E-state index in [4.69, 9.17) is 13.9 Å². The van der Waals surface area contributed by atoms with Crippen molar-refractivity contribution in [2.75, 3.05) is 67.7 Å². The zero-order chi connectivity index (χ0) is 21.0. The van der Waals surface area contributed by atoms with Gasteiger partial charge in [-0.15, -0.1) is 0 Å². The molecule has 2 saturated heterocycles. The summed E-state index contributed by atoms with van der Waals surface area (Å²) >= 11 is 1.44. The van der Waals surface area contributed by atoms with Gasteiger partial charge in [-0.3, -0.25) is 10.1 Å². The number of amides is 1. The van der Waals surface area contributed by atoms with E-state index in [1.54, 1.807) is 18.5 Å². The molecular weight excluding hydrogens is 418 g/mol. The highest BCUT2D eigenvalue weighted by Crippen LogP contribution is 2.39. The predicted octanol–water partition coefficient (Wildman–Crippen LogP) is 2.72. The fraction of sp³-hybridized carbons (Fsp3) is 0.381. The van der Waals surface area contributed by atoms with Crippen LogP contribution in [0.3, 0.4) is 0 Å². The van der Waals surface area contributed by atoms with E-state index in [0.29, 0.717) is 42.9 Å². The van der Waals surface area contributed by atoms with Gasteiger partial charge in [-0.05, 0) is 24.3 Å². The monoisotopic (exact) mass is 441 g/mol. The molecule has 1 amide bonds. The minimum atomic E-state index is -0.217. The molecule has 1 N–H and O–H groups in total. The molecule has 0 saturated carbocycles. The van der Waals surface area contributed by atoms with Crippen molar-refractivity contribution < 1.29 is 18.7 Å². The van der Waals surface area contributed by atoms with Crippen LogP contribution in [0.4, 0.5) is 16.0 Å². The molecule has 0 aliphatic carbocycles. The molecular formula is C21H23N5O4S. The second-order valence-corrected chi connectivity index (χ2v) is 8.18. The lowest BCUT2D eigenvalue weighted by Gasteiger charge is -2.27. The Kier molecular flexibility index (Phi) is 5.83. The van der Waals surface area contributed by atoms with Crippen molar-refractivity contribution in [1.29, 1.82) is 0 Å². The van der Waals surface area contributed by atoms with E-state index in [9.17, 15) is 4.79 Å². The zero-order valence-corrected chi connectivity index (χ0v) is 17.8. The van der Waals surface area contributed by atoms with Crippen LogP contribution in [0.2, 0.25) is 0 Å². The third-order valence-corrected chi connectivity index (χ3v) is 6.26. The number of morpholine rings is 2. The van der Waals surface area contributed by atoms with E-state index in [2.05, 4.69) is 25.1 Å². The number of aromatic nitrogens is 2. The van der Waals surface area contributed by atoms with Crippen LogP contribution in [0.5, 0.6) is 0 Å². The molecule has 0 aromatic carbocycles. The lowest BCUT2D eigenvalue weighted by molar-refractivity contribution is 0.102. The maximum Gasteiger partial charge on any atom is 0.257 e. The maximum absolute atomic E-state index is 13.0. The standard InChI is InChI=1S/C21H23N5O4S/c27-19(15-3-4-22-17(14-15)25-5-10-28-11-6-25)24-21-23-18(16-2-1-9-30-16)20(31-21)26-7-12-29-13-8-26/h1-4,9,14H,5-8,10-13H2,(H,23,24,27). The molecule has 5 rings (SSSR count). The minimum Gasteiger partial charge on any atom is -0.463 e. The van der Waals surface area contributed by atoms with Crippen LogP contribution in [0, 0.1) is 0 Å². The van der Waals surface area contributed by atoms with Crippen LogP contribution in [0.15, 0.2) is 41.1 Å². The Balaban J connectivity index is 1.38. The number of nitrogens with zero attached hydrogens (tertiary/aromatic N) is 4. The summed E-state index contributed by atoms with van der Waals surface area (Å²) in [6, 6.07) is 7.23. The van der Waals surface area contributed by atoms with E-state index < -0.39 is 0 Å². The Bertz CT molecular complexity index is 1030. The van der Waals surface area contributed by atoms with Crippen molar-refractivity contribution in [1.82, 2.24) is 9.97 Å². The number of pyridine rings is 1. The van der Waals surface area contributed by atoms with Gasteiger partial charge < -0.3 is 23.7 Å². The third kappa shape index (κ3) is 4.41. The summed E-state index contributed by atoms with van der Waals surface area (Å²) in [6.45, 7) is 5.73. The Morgan fingerprint density at radius 3 is 2.48 bits per heavy atom. The molecule has 10 heteroatoms. The number of thiazole rings is 1. The second-order valence-electron chi connectivity index (χ2n) is 7.21. The van der Waals surface area contributed by atoms with E-state index in [1.807, 2.05) is 18.2 Å². The van der Waals surface area contributed by atoms with Crippen LogP contribution < -0.4 is 15.1 Å². The first-order valence-corrected chi connectivity index (χ1v) is 11.1. The molecule has 0 unspecified atom stereocenters. The maximum atomic E-state index is 13.0. The molecule has 3 aromatic heterocycles. The summed E-state index contributed by atoms with van der Waals surface area (Å²) in [5, 5.41) is 4.45. The van der Waals surface area contributed by atoms with E-state index in [1.165, 1.54) is 11.3 Å². The Hall–Kier alpha value is -2.95. The van der Waals surface area contributed by atoms with E-state index >= 15 is 0 Å². The van der Waals surface area contributed by atoms with Gasteiger partial charge in [0, 0.05) is 37.9 Å². The van der Waals surface area contributed by atoms with Crippen LogP contribution >= 0.6 is 11.3 Å². The highest BCUT2D eigenvalue weighted by atomic mass is 32.1. The van der Waals surface area contributed by atoms with Crippen molar-refractivity contribution >= 4 is 33.2 Å². The summed E-state index contributed by atoms with van der Waals surface area (Å²) in [4.78, 5) is 26.4. The number of rotatable bonds is 5. The first-order chi connectivity index (χ1) is 15.3. The molecule has 3 aromatic rings. The normalized spacial score (nSPS) is 17.0. The van der Waals surface area contributed by atoms with Gasteiger partial charge in [-0.1, -0.05) is 11.3 Å². The summed E-state index contributed by atoms with van der Waals surface area (Å²) in [7, 11) is 0. The van der Waals surface area contributed by atoms with Gasteiger partial charge in [0.25, 0.3) is 5.91 Å². The minimum absolute atomic E-state index is 0.217. The number of hydrogen-bond acceptors (Lipinski definition) is 9. The quantitative estimate of drug-likeness (QED) is 0.646. The summed E-state index contributed by atoms with van der Waals surface area (Å²) in [6.07, 6.45) is 3.29. The molecule has 2 fully saturated rings. The lowest BCUT2D eigenvalue weighted by atomic mass is 10.2. The largest absolute Gasteiger partial charge is 0.463 e. The molecule has 5 heterocycles. The predicted molar refractivity (Wildman–Crippen MR) is 118 cm³/mol. The van der Waals surface area contributed by atoms with E-state index in [-0.39, 0.29) is 5.91 Å².